The molecule has 4 aliphatic rings. The van der Waals surface area contributed by atoms with Crippen LogP contribution in [-0.4, -0.2) is 0 Å². The van der Waals surface area contributed by atoms with Gasteiger partial charge in [0, 0.05) is 5.41 Å². The summed E-state index contributed by atoms with van der Waals surface area (Å²) in [6.07, 6.45) is 22.9. The van der Waals surface area contributed by atoms with E-state index in [1.165, 1.54) is 68.9 Å². The smallest absolute Gasteiger partial charge is 0.0107 e. The van der Waals surface area contributed by atoms with Crippen molar-refractivity contribution in [2.45, 2.75) is 168 Å². The quantitative estimate of drug-likeness (QED) is 0.273. The van der Waals surface area contributed by atoms with Gasteiger partial charge in [-0.3, -0.25) is 0 Å². The fourth-order valence-electron chi connectivity index (χ4n) is 10.6. The summed E-state index contributed by atoms with van der Waals surface area (Å²) < 4.78 is 0. The van der Waals surface area contributed by atoms with E-state index in [0.717, 1.165) is 12.3 Å². The first-order chi connectivity index (χ1) is 20.3. The summed E-state index contributed by atoms with van der Waals surface area (Å²) >= 11 is 0. The molecule has 0 amide bonds. The number of rotatable bonds is 5. The molecular weight excluding hydrogens is 528 g/mol. The zero-order valence-electron chi connectivity index (χ0n) is 32.7. The standard InChI is InChI=1S/C34H54.C5H10.C3H8.C2H6/c1-12-17-32(10)26(30(7,8)13-2)16-18-31(9)25-15-19-34(14-3)21-20-29(5,6)23-33(34,11)28(25)24(4)22-27(31)32;1-4-5(2)3;1-3-2;1-2/h12-13,17,22,25-26,28H,2,4,14-16,18-21,23H2,1,3,5-11H3;2,4H2,1,3H3;3H2,1-2H3;1-2H3/b17-12-;;;. The Labute approximate surface area is 278 Å². The molecule has 4 aliphatic carbocycles. The van der Waals surface area contributed by atoms with Gasteiger partial charge in [0.1, 0.15) is 0 Å². The van der Waals surface area contributed by atoms with Crippen LogP contribution in [0.25, 0.3) is 0 Å². The lowest BCUT2D eigenvalue weighted by atomic mass is 9.35. The highest BCUT2D eigenvalue weighted by Gasteiger charge is 2.66. The zero-order chi connectivity index (χ0) is 34.4. The lowest BCUT2D eigenvalue weighted by Gasteiger charge is -2.69. The molecule has 0 spiro atoms. The van der Waals surface area contributed by atoms with Gasteiger partial charge in [-0.1, -0.05) is 144 Å². The molecule has 0 aromatic rings. The average molecular weight is 607 g/mol. The summed E-state index contributed by atoms with van der Waals surface area (Å²) in [6, 6.07) is 0. The van der Waals surface area contributed by atoms with Gasteiger partial charge in [-0.05, 0) is 116 Å². The molecule has 0 aromatic heterocycles. The van der Waals surface area contributed by atoms with Gasteiger partial charge < -0.3 is 0 Å². The molecule has 0 heterocycles. The van der Waals surface area contributed by atoms with Crippen LogP contribution in [0.2, 0.25) is 0 Å². The van der Waals surface area contributed by atoms with E-state index in [-0.39, 0.29) is 16.2 Å². The Kier molecular flexibility index (Phi) is 14.4. The fourth-order valence-corrected chi connectivity index (χ4v) is 10.6. The van der Waals surface area contributed by atoms with Crippen molar-refractivity contribution in [3.63, 3.8) is 0 Å². The highest BCUT2D eigenvalue weighted by molar-refractivity contribution is 5.44. The van der Waals surface area contributed by atoms with Gasteiger partial charge >= 0.3 is 0 Å². The molecule has 4 rings (SSSR count). The summed E-state index contributed by atoms with van der Waals surface area (Å²) in [5.74, 6) is 1.91. The maximum Gasteiger partial charge on any atom is 0.0107 e. The van der Waals surface area contributed by atoms with Gasteiger partial charge in [-0.15, -0.1) is 13.2 Å². The van der Waals surface area contributed by atoms with Crippen LogP contribution in [0.5, 0.6) is 0 Å². The van der Waals surface area contributed by atoms with Crippen LogP contribution >= 0.6 is 0 Å². The molecule has 0 heteroatoms. The highest BCUT2D eigenvalue weighted by atomic mass is 14.7. The summed E-state index contributed by atoms with van der Waals surface area (Å²) in [6.45, 7) is 47.6. The van der Waals surface area contributed by atoms with Gasteiger partial charge in [0.05, 0.1) is 0 Å². The van der Waals surface area contributed by atoms with Crippen molar-refractivity contribution >= 4 is 0 Å². The van der Waals surface area contributed by atoms with E-state index in [1.54, 1.807) is 5.57 Å². The minimum absolute atomic E-state index is 0.0549. The van der Waals surface area contributed by atoms with Crippen molar-refractivity contribution in [2.75, 3.05) is 0 Å². The van der Waals surface area contributed by atoms with E-state index in [4.69, 9.17) is 6.58 Å². The first-order valence-electron chi connectivity index (χ1n) is 18.7. The fraction of sp³-hybridized carbons (Fsp3) is 0.773. The van der Waals surface area contributed by atoms with Gasteiger partial charge in [0.2, 0.25) is 0 Å². The third-order valence-corrected chi connectivity index (χ3v) is 13.0. The van der Waals surface area contributed by atoms with Crippen molar-refractivity contribution in [3.8, 4) is 0 Å². The Balaban J connectivity index is 0.000000853. The van der Waals surface area contributed by atoms with Crippen LogP contribution in [0.3, 0.4) is 0 Å². The van der Waals surface area contributed by atoms with Crippen LogP contribution in [-0.2, 0) is 0 Å². The summed E-state index contributed by atoms with van der Waals surface area (Å²) in [7, 11) is 0. The maximum atomic E-state index is 4.88. The minimum Gasteiger partial charge on any atom is -0.103 e. The largest absolute Gasteiger partial charge is 0.103 e. The third-order valence-electron chi connectivity index (χ3n) is 13.0. The predicted molar refractivity (Wildman–Crippen MR) is 202 cm³/mol. The molecule has 3 saturated carbocycles. The summed E-state index contributed by atoms with van der Waals surface area (Å²) in [5, 5.41) is 0. The Morgan fingerprint density at radius 1 is 0.955 bits per heavy atom. The van der Waals surface area contributed by atoms with Gasteiger partial charge in [0.25, 0.3) is 0 Å². The topological polar surface area (TPSA) is 0 Å². The van der Waals surface area contributed by atoms with Crippen LogP contribution in [0.4, 0.5) is 0 Å². The maximum absolute atomic E-state index is 4.88. The Bertz CT molecular complexity index is 1030. The molecule has 7 atom stereocenters. The van der Waals surface area contributed by atoms with Gasteiger partial charge in [-0.2, -0.15) is 0 Å². The Morgan fingerprint density at radius 3 is 1.95 bits per heavy atom. The number of fused-ring (bicyclic) bond motifs is 5. The zero-order valence-corrected chi connectivity index (χ0v) is 32.7. The van der Waals surface area contributed by atoms with E-state index in [0.29, 0.717) is 28.1 Å². The minimum atomic E-state index is 0.0549. The summed E-state index contributed by atoms with van der Waals surface area (Å²) in [4.78, 5) is 0. The Morgan fingerprint density at radius 2 is 1.50 bits per heavy atom. The predicted octanol–water partition coefficient (Wildman–Crippen LogP) is 14.7. The number of allylic oxidation sites excluding steroid dienone is 7. The van der Waals surface area contributed by atoms with E-state index in [2.05, 4.69) is 121 Å². The van der Waals surface area contributed by atoms with Gasteiger partial charge in [0.15, 0.2) is 0 Å². The lowest BCUT2D eigenvalue weighted by Crippen LogP contribution is -2.61. The lowest BCUT2D eigenvalue weighted by molar-refractivity contribution is -0.158. The molecule has 0 N–H and O–H groups in total. The molecule has 254 valence electrons. The first-order valence-corrected chi connectivity index (χ1v) is 18.7. The van der Waals surface area contributed by atoms with Crippen molar-refractivity contribution < 1.29 is 0 Å². The molecule has 0 nitrogen and oxygen atoms in total. The number of hydrogen-bond acceptors (Lipinski definition) is 0. The van der Waals surface area contributed by atoms with E-state index < -0.39 is 0 Å². The summed E-state index contributed by atoms with van der Waals surface area (Å²) in [5.41, 5.74) is 6.08. The normalized spacial score (nSPS) is 37.2. The first kappa shape index (κ1) is 40.7. The molecule has 3 fully saturated rings. The molecule has 0 radical (unpaired) electrons. The van der Waals surface area contributed by atoms with Crippen molar-refractivity contribution in [2.24, 2.45) is 50.2 Å². The molecule has 0 saturated heterocycles. The monoisotopic (exact) mass is 607 g/mol. The molecule has 0 aromatic carbocycles. The van der Waals surface area contributed by atoms with E-state index in [1.807, 2.05) is 20.8 Å². The molecule has 0 bridgehead atoms. The van der Waals surface area contributed by atoms with Gasteiger partial charge in [-0.25, -0.2) is 0 Å². The van der Waals surface area contributed by atoms with Crippen LogP contribution in [0, 0.1) is 50.2 Å². The second-order valence-electron chi connectivity index (χ2n) is 17.0. The SMILES string of the molecule is C=C(C)CC.C=CC(C)(C)C1CCC2(C)C(=CC(=C)C3C2CCC2(CC)CCC(C)(C)CC32C)C1(C)/C=C\C.CC.CCC. The third kappa shape index (κ3) is 7.46. The van der Waals surface area contributed by atoms with Crippen molar-refractivity contribution in [3.05, 3.63) is 60.8 Å². The van der Waals surface area contributed by atoms with Crippen LogP contribution in [0.15, 0.2) is 60.8 Å². The van der Waals surface area contributed by atoms with Crippen molar-refractivity contribution in [1.29, 1.82) is 0 Å². The van der Waals surface area contributed by atoms with Crippen LogP contribution in [0.1, 0.15) is 168 Å². The van der Waals surface area contributed by atoms with Crippen molar-refractivity contribution in [1.82, 2.24) is 0 Å². The van der Waals surface area contributed by atoms with E-state index in [9.17, 15) is 0 Å². The average Bonchev–Trinajstić information content (AvgIpc) is 2.95. The second-order valence-corrected chi connectivity index (χ2v) is 17.0. The second kappa shape index (κ2) is 15.5. The molecular formula is C44H78. The molecule has 7 unspecified atom stereocenters. The Hall–Kier alpha value is -1.30. The van der Waals surface area contributed by atoms with Crippen LogP contribution < -0.4 is 0 Å². The molecule has 44 heavy (non-hydrogen) atoms. The number of hydrogen-bond donors (Lipinski definition) is 0. The van der Waals surface area contributed by atoms with E-state index >= 15 is 0 Å². The molecule has 0 aliphatic heterocycles. The highest BCUT2D eigenvalue weighted by Crippen LogP contribution is 2.75.